The number of nitrogens with two attached hydrogens (primary N) is 1. The molecule has 1 aliphatic carbocycles. The van der Waals surface area contributed by atoms with Crippen LogP contribution in [0.4, 0.5) is 0 Å². The molecule has 0 saturated heterocycles. The van der Waals surface area contributed by atoms with E-state index < -0.39 is 105 Å². The number of aliphatic carboxylic acids is 1. The van der Waals surface area contributed by atoms with E-state index >= 15 is 0 Å². The predicted molar refractivity (Wildman–Crippen MR) is 244 cm³/mol. The van der Waals surface area contributed by atoms with Crippen LogP contribution in [0.1, 0.15) is 94.5 Å². The maximum atomic E-state index is 14.4. The summed E-state index contributed by atoms with van der Waals surface area (Å²) in [4.78, 5) is 118. The average Bonchev–Trinajstić information content (AvgIpc) is 3.28. The van der Waals surface area contributed by atoms with Crippen molar-refractivity contribution in [1.29, 1.82) is 0 Å². The zero-order valence-corrected chi connectivity index (χ0v) is 38.5. The molecular formula is C46H60N8O12S. The molecule has 0 aliphatic heterocycles. The third-order valence-corrected chi connectivity index (χ3v) is 12.7. The molecule has 3 aromatic rings. The van der Waals surface area contributed by atoms with E-state index in [1.54, 1.807) is 44.2 Å². The minimum absolute atomic E-state index is 0.0181. The summed E-state index contributed by atoms with van der Waals surface area (Å²) in [6.45, 7) is 4.06. The number of primary amides is 1. The number of aromatic nitrogens is 1. The maximum absolute atomic E-state index is 14.4. The van der Waals surface area contributed by atoms with Gasteiger partial charge in [0.25, 0.3) is 21.5 Å². The van der Waals surface area contributed by atoms with Crippen LogP contribution >= 0.6 is 0 Å². The molecule has 20 nitrogen and oxygen atoms in total. The molecule has 1 aliphatic rings. The molecule has 5 atom stereocenters. The van der Waals surface area contributed by atoms with Crippen LogP contribution in [0.3, 0.4) is 0 Å². The van der Waals surface area contributed by atoms with Gasteiger partial charge in [-0.1, -0.05) is 88.4 Å². The Morgan fingerprint density at radius 2 is 1.33 bits per heavy atom. The summed E-state index contributed by atoms with van der Waals surface area (Å²) in [5.74, 6) is -7.28. The summed E-state index contributed by atoms with van der Waals surface area (Å²) in [6, 6.07) is 10.1. The van der Waals surface area contributed by atoms with Crippen LogP contribution in [-0.4, -0.2) is 102 Å². The van der Waals surface area contributed by atoms with Crippen molar-refractivity contribution in [2.75, 3.05) is 6.54 Å². The summed E-state index contributed by atoms with van der Waals surface area (Å²) in [7, 11) is -4.46. The highest BCUT2D eigenvalue weighted by Crippen LogP contribution is 2.27. The number of hydrogen-bond donors (Lipinski definition) is 8. The molecule has 7 amide bonds. The Morgan fingerprint density at radius 1 is 0.731 bits per heavy atom. The van der Waals surface area contributed by atoms with Crippen LogP contribution in [0.25, 0.3) is 0 Å². The molecule has 0 unspecified atom stereocenters. The first-order valence-corrected chi connectivity index (χ1v) is 23.5. The van der Waals surface area contributed by atoms with E-state index in [0.717, 1.165) is 50.4 Å². The van der Waals surface area contributed by atoms with Crippen molar-refractivity contribution in [3.63, 3.8) is 0 Å². The van der Waals surface area contributed by atoms with Crippen molar-refractivity contribution in [2.24, 2.45) is 17.6 Å². The SMILES string of the molecule is CC(=O)N[C@@H](CCC(N)=O)C(=O)N[C@@H](CC1CCCCC1)C(=O)N[C@@H](CNC(=O)c1cccc(S(=O)(=O)n2ccccc2=O)c1)C(=O)N[C@@H](CC(C)C)C(=O)N[C@@H](Cc1ccccc1)C(=O)O. The lowest BCUT2D eigenvalue weighted by Crippen LogP contribution is -2.61. The van der Waals surface area contributed by atoms with Crippen molar-refractivity contribution >= 4 is 57.3 Å². The first-order chi connectivity index (χ1) is 31.7. The number of nitrogens with one attached hydrogen (secondary N) is 6. The average molecular weight is 949 g/mol. The molecule has 9 N–H and O–H groups in total. The fraction of sp³-hybridized carbons (Fsp3) is 0.457. The number of carbonyl (C=O) groups is 8. The minimum Gasteiger partial charge on any atom is -0.480 e. The van der Waals surface area contributed by atoms with E-state index in [9.17, 15) is 56.7 Å². The highest BCUT2D eigenvalue weighted by atomic mass is 32.2. The lowest BCUT2D eigenvalue weighted by Gasteiger charge is -2.30. The second kappa shape index (κ2) is 25.1. The lowest BCUT2D eigenvalue weighted by molar-refractivity contribution is -0.142. The maximum Gasteiger partial charge on any atom is 0.326 e. The van der Waals surface area contributed by atoms with Crippen LogP contribution in [0.5, 0.6) is 0 Å². The van der Waals surface area contributed by atoms with E-state index in [-0.39, 0.29) is 49.5 Å². The summed E-state index contributed by atoms with van der Waals surface area (Å²) in [5, 5.41) is 25.4. The molecule has 67 heavy (non-hydrogen) atoms. The zero-order valence-electron chi connectivity index (χ0n) is 37.7. The van der Waals surface area contributed by atoms with Crippen LogP contribution in [0, 0.1) is 11.8 Å². The van der Waals surface area contributed by atoms with Crippen molar-refractivity contribution in [2.45, 2.75) is 120 Å². The van der Waals surface area contributed by atoms with E-state index in [2.05, 4.69) is 31.9 Å². The number of hydrogen-bond acceptors (Lipinski definition) is 11. The van der Waals surface area contributed by atoms with Gasteiger partial charge in [-0.2, -0.15) is 0 Å². The van der Waals surface area contributed by atoms with E-state index in [1.807, 2.05) is 0 Å². The van der Waals surface area contributed by atoms with Gasteiger partial charge in [-0.3, -0.25) is 38.4 Å². The molecule has 4 rings (SSSR count). The van der Waals surface area contributed by atoms with Crippen LogP contribution in [-0.2, 0) is 50.0 Å². The number of amides is 7. The van der Waals surface area contributed by atoms with E-state index in [4.69, 9.17) is 5.73 Å². The van der Waals surface area contributed by atoms with Gasteiger partial charge in [0.05, 0.1) is 4.90 Å². The minimum atomic E-state index is -4.46. The predicted octanol–water partition coefficient (Wildman–Crippen LogP) is 0.868. The number of carboxylic acids is 1. The standard InChI is InChI=1S/C46H60N8O12S/c1-28(2)23-35(43(60)52-37(46(63)64)25-31-15-8-5-9-16-31)50-45(62)38(27-48-41(58)32-17-12-18-33(26-32)67(65,66)54-22-11-10-19-40(54)57)53-44(61)36(24-30-13-6-4-7-14-30)51-42(59)34(49-29(3)55)20-21-39(47)56/h5,8-12,15-19,22,26,28,30,34-38H,4,6-7,13-14,20-21,23-25,27H2,1-3H3,(H2,47,56)(H,48,58)(H,49,55)(H,50,62)(H,51,59)(H,52,60)(H,53,61)(H,63,64)/t34-,35-,36-,37-,38-/m0/s1. The Labute approximate surface area is 388 Å². The highest BCUT2D eigenvalue weighted by molar-refractivity contribution is 7.90. The number of nitrogens with zero attached hydrogens (tertiary/aromatic N) is 1. The number of pyridine rings is 1. The number of carbonyl (C=O) groups excluding carboxylic acids is 7. The quantitative estimate of drug-likeness (QED) is 0.0621. The van der Waals surface area contributed by atoms with Crippen molar-refractivity contribution in [1.82, 2.24) is 35.9 Å². The molecular weight excluding hydrogens is 889 g/mol. The molecule has 1 fully saturated rings. The Balaban J connectivity index is 1.66. The van der Waals surface area contributed by atoms with Crippen LogP contribution < -0.4 is 43.2 Å². The molecule has 2 aromatic carbocycles. The van der Waals surface area contributed by atoms with Crippen LogP contribution in [0.2, 0.25) is 0 Å². The topological polar surface area (TPSA) is 311 Å². The summed E-state index contributed by atoms with van der Waals surface area (Å²) in [5.41, 5.74) is 4.90. The summed E-state index contributed by atoms with van der Waals surface area (Å²) >= 11 is 0. The Bertz CT molecular complexity index is 2420. The van der Waals surface area contributed by atoms with Gasteiger partial charge in [-0.15, -0.1) is 0 Å². The molecule has 0 bridgehead atoms. The number of carboxylic acid groups (broad SMARTS) is 1. The Kier molecular flexibility index (Phi) is 19.8. The first kappa shape index (κ1) is 52.7. The molecule has 0 spiro atoms. The van der Waals surface area contributed by atoms with Gasteiger partial charge in [-0.25, -0.2) is 17.2 Å². The van der Waals surface area contributed by atoms with Crippen LogP contribution in [0.15, 0.2) is 88.7 Å². The van der Waals surface area contributed by atoms with E-state index in [1.165, 1.54) is 37.3 Å². The zero-order chi connectivity index (χ0) is 49.3. The number of rotatable bonds is 24. The molecule has 0 radical (unpaired) electrons. The van der Waals surface area contributed by atoms with Gasteiger partial charge in [-0.05, 0) is 60.9 Å². The van der Waals surface area contributed by atoms with Gasteiger partial charge < -0.3 is 42.7 Å². The third kappa shape index (κ3) is 16.5. The fourth-order valence-electron chi connectivity index (χ4n) is 7.66. The normalized spacial score (nSPS) is 15.1. The molecule has 1 saturated carbocycles. The van der Waals surface area contributed by atoms with Gasteiger partial charge >= 0.3 is 5.97 Å². The molecule has 1 heterocycles. The largest absolute Gasteiger partial charge is 0.480 e. The van der Waals surface area contributed by atoms with Crippen molar-refractivity contribution in [3.05, 3.63) is 100 Å². The monoisotopic (exact) mass is 948 g/mol. The van der Waals surface area contributed by atoms with Crippen molar-refractivity contribution < 1.29 is 51.9 Å². The summed E-state index contributed by atoms with van der Waals surface area (Å²) in [6.07, 6.45) is 4.87. The van der Waals surface area contributed by atoms with Gasteiger partial charge in [0, 0.05) is 44.1 Å². The Morgan fingerprint density at radius 3 is 1.96 bits per heavy atom. The van der Waals surface area contributed by atoms with Gasteiger partial charge in [0.15, 0.2) is 0 Å². The first-order valence-electron chi connectivity index (χ1n) is 22.1. The van der Waals surface area contributed by atoms with Gasteiger partial charge in [0.1, 0.15) is 30.2 Å². The summed E-state index contributed by atoms with van der Waals surface area (Å²) < 4.78 is 27.3. The molecule has 362 valence electrons. The van der Waals surface area contributed by atoms with Gasteiger partial charge in [0.2, 0.25) is 35.4 Å². The lowest BCUT2D eigenvalue weighted by atomic mass is 9.84. The smallest absolute Gasteiger partial charge is 0.326 e. The third-order valence-electron chi connectivity index (χ3n) is 11.1. The van der Waals surface area contributed by atoms with Crippen molar-refractivity contribution in [3.8, 4) is 0 Å². The second-order valence-electron chi connectivity index (χ2n) is 17.0. The Hall–Kier alpha value is -6.90. The number of benzene rings is 2. The molecule has 21 heteroatoms. The molecule has 1 aromatic heterocycles. The highest BCUT2D eigenvalue weighted by Gasteiger charge is 2.34. The van der Waals surface area contributed by atoms with E-state index in [0.29, 0.717) is 9.54 Å². The fourth-order valence-corrected chi connectivity index (χ4v) is 8.94. The second-order valence-corrected chi connectivity index (χ2v) is 18.8.